The maximum atomic E-state index is 13.5. The molecule has 4 amide bonds. The van der Waals surface area contributed by atoms with Gasteiger partial charge in [-0.15, -0.1) is 0 Å². The Hall–Kier alpha value is -5.23. The van der Waals surface area contributed by atoms with Gasteiger partial charge >= 0.3 is 5.97 Å². The summed E-state index contributed by atoms with van der Waals surface area (Å²) in [7, 11) is 0. The molecule has 12 heteroatoms. The number of aromatic hydroxyl groups is 1. The number of carbonyl (C=O) groups is 5. The number of amides is 4. The Kier molecular flexibility index (Phi) is 14.6. The minimum Gasteiger partial charge on any atom is -0.508 e. The quantitative estimate of drug-likeness (QED) is 0.119. The lowest BCUT2D eigenvalue weighted by molar-refractivity contribution is -0.149. The summed E-state index contributed by atoms with van der Waals surface area (Å²) in [6, 6.07) is 20.6. The number of nitrogens with two attached hydrogens (primary N) is 1. The van der Waals surface area contributed by atoms with Crippen LogP contribution >= 0.6 is 0 Å². The van der Waals surface area contributed by atoms with E-state index in [0.29, 0.717) is 6.42 Å². The molecule has 3 aromatic rings. The summed E-state index contributed by atoms with van der Waals surface area (Å²) in [5.41, 5.74) is 8.30. The van der Waals surface area contributed by atoms with Crippen molar-refractivity contribution in [3.05, 3.63) is 102 Å². The number of phenols is 1. The Bertz CT molecular complexity index is 1500. The number of hydrogen-bond acceptors (Lipinski definition) is 8. The molecule has 0 aliphatic carbocycles. The maximum Gasteiger partial charge on any atom is 0.328 e. The molecule has 3 aromatic carbocycles. The first kappa shape index (κ1) is 37.2. The predicted octanol–water partition coefficient (Wildman–Crippen LogP) is 1.88. The molecule has 3 rings (SSSR count). The second kappa shape index (κ2) is 18.8. The van der Waals surface area contributed by atoms with Gasteiger partial charge < -0.3 is 36.8 Å². The average molecular weight is 660 g/mol. The highest BCUT2D eigenvalue weighted by Crippen LogP contribution is 2.12. The number of phenolic OH excluding ortho intramolecular Hbond substituents is 1. The highest BCUT2D eigenvalue weighted by atomic mass is 16.5. The zero-order chi connectivity index (χ0) is 35.1. The third-order valence-corrected chi connectivity index (χ3v) is 7.37. The van der Waals surface area contributed by atoms with Crippen LogP contribution in [-0.4, -0.2) is 65.4 Å². The van der Waals surface area contributed by atoms with Crippen LogP contribution in [0.4, 0.5) is 0 Å². The van der Waals surface area contributed by atoms with E-state index in [4.69, 9.17) is 10.5 Å². The number of ether oxygens (including phenoxy) is 1. The minimum atomic E-state index is -1.07. The number of esters is 1. The number of nitrogens with one attached hydrogen (secondary N) is 4. The average Bonchev–Trinajstić information content (AvgIpc) is 3.07. The molecule has 0 bridgehead atoms. The molecule has 12 nitrogen and oxygen atoms in total. The minimum absolute atomic E-state index is 0.0528. The first-order chi connectivity index (χ1) is 22.9. The molecule has 0 aliphatic heterocycles. The van der Waals surface area contributed by atoms with Crippen LogP contribution in [0, 0.1) is 5.92 Å². The molecule has 256 valence electrons. The number of rotatable bonds is 17. The van der Waals surface area contributed by atoms with Gasteiger partial charge in [0.2, 0.25) is 23.6 Å². The van der Waals surface area contributed by atoms with E-state index in [2.05, 4.69) is 21.3 Å². The molecular weight excluding hydrogens is 614 g/mol. The molecule has 0 fully saturated rings. The van der Waals surface area contributed by atoms with Crippen molar-refractivity contribution in [1.82, 2.24) is 21.3 Å². The van der Waals surface area contributed by atoms with Crippen molar-refractivity contribution in [2.24, 2.45) is 11.7 Å². The molecular formula is C36H45N5O7. The third-order valence-electron chi connectivity index (χ3n) is 7.37. The summed E-state index contributed by atoms with van der Waals surface area (Å²) in [5, 5.41) is 19.8. The van der Waals surface area contributed by atoms with Gasteiger partial charge in [0.25, 0.3) is 0 Å². The van der Waals surface area contributed by atoms with Gasteiger partial charge in [-0.05, 0) is 54.5 Å². The van der Waals surface area contributed by atoms with Crippen LogP contribution < -0.4 is 27.0 Å². The fourth-order valence-electron chi connectivity index (χ4n) is 4.78. The van der Waals surface area contributed by atoms with Gasteiger partial charge in [0.15, 0.2) is 0 Å². The molecule has 0 aromatic heterocycles. The summed E-state index contributed by atoms with van der Waals surface area (Å²) >= 11 is 0. The zero-order valence-corrected chi connectivity index (χ0v) is 27.5. The summed E-state index contributed by atoms with van der Waals surface area (Å²) < 4.78 is 5.50. The van der Waals surface area contributed by atoms with E-state index in [1.54, 1.807) is 24.3 Å². The van der Waals surface area contributed by atoms with Gasteiger partial charge in [-0.2, -0.15) is 0 Å². The van der Waals surface area contributed by atoms with Crippen molar-refractivity contribution in [2.45, 2.75) is 70.8 Å². The van der Waals surface area contributed by atoms with E-state index < -0.39 is 60.3 Å². The fourth-order valence-corrected chi connectivity index (χ4v) is 4.78. The van der Waals surface area contributed by atoms with E-state index >= 15 is 0 Å². The van der Waals surface area contributed by atoms with Crippen LogP contribution in [-0.2, 0) is 48.2 Å². The topological polar surface area (TPSA) is 189 Å². The Morgan fingerprint density at radius 2 is 1.27 bits per heavy atom. The molecule has 48 heavy (non-hydrogen) atoms. The summed E-state index contributed by atoms with van der Waals surface area (Å²) in [6.45, 7) is 4.88. The maximum absolute atomic E-state index is 13.5. The second-order valence-electron chi connectivity index (χ2n) is 12.0. The van der Waals surface area contributed by atoms with Gasteiger partial charge in [0.05, 0.1) is 12.6 Å². The number of benzene rings is 3. The van der Waals surface area contributed by atoms with E-state index in [0.717, 1.165) is 16.7 Å². The van der Waals surface area contributed by atoms with Gasteiger partial charge in [0.1, 0.15) is 30.5 Å². The first-order valence-corrected chi connectivity index (χ1v) is 15.9. The van der Waals surface area contributed by atoms with E-state index in [1.807, 2.05) is 62.4 Å². The Labute approximate surface area is 280 Å². The smallest absolute Gasteiger partial charge is 0.328 e. The lowest BCUT2D eigenvalue weighted by Crippen LogP contribution is -2.55. The molecule has 0 saturated carbocycles. The highest BCUT2D eigenvalue weighted by Gasteiger charge is 2.29. The third kappa shape index (κ3) is 12.9. The monoisotopic (exact) mass is 659 g/mol. The van der Waals surface area contributed by atoms with E-state index in [1.165, 1.54) is 19.1 Å². The normalized spacial score (nSPS) is 13.4. The number of hydrogen-bond donors (Lipinski definition) is 6. The molecule has 7 N–H and O–H groups in total. The Balaban J connectivity index is 1.58. The first-order valence-electron chi connectivity index (χ1n) is 15.9. The Morgan fingerprint density at radius 1 is 0.688 bits per heavy atom. The van der Waals surface area contributed by atoms with E-state index in [-0.39, 0.29) is 31.1 Å². The molecule has 0 spiro atoms. The highest BCUT2D eigenvalue weighted by molar-refractivity contribution is 5.94. The number of carbonyl (C=O) groups excluding carboxylic acids is 5. The molecule has 0 radical (unpaired) electrons. The predicted molar refractivity (Wildman–Crippen MR) is 180 cm³/mol. The van der Waals surface area contributed by atoms with Crippen LogP contribution in [0.5, 0.6) is 5.75 Å². The Morgan fingerprint density at radius 3 is 1.88 bits per heavy atom. The van der Waals surface area contributed by atoms with Crippen LogP contribution in [0.1, 0.15) is 43.9 Å². The summed E-state index contributed by atoms with van der Waals surface area (Å²) in [5.74, 6) is -2.85. The molecule has 4 atom stereocenters. The van der Waals surface area contributed by atoms with Crippen LogP contribution in [0.15, 0.2) is 84.9 Å². The molecule has 0 aliphatic rings. The van der Waals surface area contributed by atoms with Gasteiger partial charge in [-0.25, -0.2) is 4.79 Å². The molecule has 0 heterocycles. The zero-order valence-electron chi connectivity index (χ0n) is 27.5. The fraction of sp³-hybridized carbons (Fsp3) is 0.361. The molecule has 0 unspecified atom stereocenters. The lowest BCUT2D eigenvalue weighted by atomic mass is 10.0. The van der Waals surface area contributed by atoms with Gasteiger partial charge in [-0.1, -0.05) is 86.6 Å². The van der Waals surface area contributed by atoms with Gasteiger partial charge in [0, 0.05) is 6.42 Å². The van der Waals surface area contributed by atoms with Crippen molar-refractivity contribution in [3.63, 3.8) is 0 Å². The van der Waals surface area contributed by atoms with Crippen molar-refractivity contribution in [2.75, 3.05) is 6.54 Å². The van der Waals surface area contributed by atoms with Crippen LogP contribution in [0.2, 0.25) is 0 Å². The van der Waals surface area contributed by atoms with Gasteiger partial charge in [-0.3, -0.25) is 19.2 Å². The van der Waals surface area contributed by atoms with E-state index in [9.17, 15) is 29.1 Å². The molecule has 0 saturated heterocycles. The summed E-state index contributed by atoms with van der Waals surface area (Å²) in [6.07, 6.45) is 0.644. The lowest BCUT2D eigenvalue weighted by Gasteiger charge is -2.24. The largest absolute Gasteiger partial charge is 0.508 e. The second-order valence-corrected chi connectivity index (χ2v) is 12.0. The summed E-state index contributed by atoms with van der Waals surface area (Å²) in [4.78, 5) is 64.8. The van der Waals surface area contributed by atoms with Crippen LogP contribution in [0.25, 0.3) is 0 Å². The van der Waals surface area contributed by atoms with Crippen molar-refractivity contribution in [3.8, 4) is 5.75 Å². The standard InChI is InChI=1S/C36H45N5O7/c1-23(2)18-31(36(47)48-22-27-12-8-5-9-13-27)41-35(46)30(20-25-10-6-4-7-11-25)40-32(43)21-38-33(44)24(3)39-34(45)29(37)19-26-14-16-28(42)17-15-26/h4-17,23-24,29-31,42H,18-22,37H2,1-3H3,(H,38,44)(H,39,45)(H,40,43)(H,41,46)/t24-,29+,30+,31+/m1/s1. The van der Waals surface area contributed by atoms with Crippen molar-refractivity contribution < 1.29 is 33.8 Å². The SMILES string of the molecule is CC(C)C[C@H](NC(=O)[C@H](Cc1ccccc1)NC(=O)CNC(=O)[C@@H](C)NC(=O)[C@@H](N)Cc1ccc(O)cc1)C(=O)OCc1ccccc1. The van der Waals surface area contributed by atoms with Crippen molar-refractivity contribution in [1.29, 1.82) is 0 Å². The van der Waals surface area contributed by atoms with Crippen LogP contribution in [0.3, 0.4) is 0 Å². The van der Waals surface area contributed by atoms with Crippen molar-refractivity contribution >= 4 is 29.6 Å².